The van der Waals surface area contributed by atoms with Gasteiger partial charge in [0.2, 0.25) is 11.8 Å². The number of nitrogens with zero attached hydrogens (tertiary/aromatic N) is 6. The van der Waals surface area contributed by atoms with Gasteiger partial charge in [-0.2, -0.15) is 0 Å². The van der Waals surface area contributed by atoms with Crippen LogP contribution in [0.1, 0.15) is 31.2 Å². The molecule has 3 N–H and O–H groups in total. The van der Waals surface area contributed by atoms with Crippen LogP contribution in [0.3, 0.4) is 0 Å². The number of likely N-dealkylation sites (tertiary alicyclic amines) is 1. The number of fused-ring (bicyclic) bond motifs is 1. The minimum Gasteiger partial charge on any atom is -0.493 e. The van der Waals surface area contributed by atoms with Crippen LogP contribution >= 0.6 is 23.2 Å². The number of hydrogen-bond donors (Lipinski definition) is 3. The highest BCUT2D eigenvalue weighted by molar-refractivity contribution is 6.39. The summed E-state index contributed by atoms with van der Waals surface area (Å²) in [5.74, 6) is 1.73. The number of hydrogen-bond acceptors (Lipinski definition) is 10. The Labute approximate surface area is 293 Å². The molecule has 7 rings (SSSR count). The quantitative estimate of drug-likeness (QED) is 0.176. The minimum absolute atomic E-state index is 0.0942. The molecular weight excluding hydrogens is 667 g/mol. The van der Waals surface area contributed by atoms with E-state index in [1.54, 1.807) is 24.9 Å². The first-order chi connectivity index (χ1) is 23.6. The highest BCUT2D eigenvalue weighted by atomic mass is 35.5. The average molecular weight is 704 g/mol. The number of ether oxygens (including phenoxy) is 2. The van der Waals surface area contributed by atoms with Crippen molar-refractivity contribution in [3.8, 4) is 45.3 Å². The van der Waals surface area contributed by atoms with Gasteiger partial charge < -0.3 is 25.2 Å². The Morgan fingerprint density at radius 2 is 1.86 bits per heavy atom. The van der Waals surface area contributed by atoms with E-state index in [4.69, 9.17) is 37.7 Å². The Bertz CT molecular complexity index is 2040. The standard InChI is InChI=1S/C35H36Cl2N8O4/c1-35(47)18-44(19-35)17-28-42-33-27(48-2)13-21(16-45(33)43-28)32-31(37)24(11-12-39-32)23-5-4-6-25(30(23)36)26-9-7-20(34(41-26)49-3)14-38-15-22-8-10-29(46)40-22/h4-7,9,11-13,16,22,38,47H,8,10,14-15,17-19H2,1-3H3,(H,40,46)/t22-/m0/s1. The van der Waals surface area contributed by atoms with Gasteiger partial charge in [-0.05, 0) is 31.5 Å². The number of pyridine rings is 3. The van der Waals surface area contributed by atoms with E-state index in [1.165, 1.54) is 0 Å². The number of amides is 1. The highest BCUT2D eigenvalue weighted by Gasteiger charge is 2.37. The predicted octanol–water partition coefficient (Wildman–Crippen LogP) is 4.78. The molecule has 0 spiro atoms. The molecule has 0 bridgehead atoms. The largest absolute Gasteiger partial charge is 0.493 e. The maximum absolute atomic E-state index is 11.5. The zero-order valence-corrected chi connectivity index (χ0v) is 28.8. The van der Waals surface area contributed by atoms with Crippen LogP contribution < -0.4 is 20.1 Å². The van der Waals surface area contributed by atoms with Gasteiger partial charge >= 0.3 is 0 Å². The van der Waals surface area contributed by atoms with E-state index in [1.807, 2.05) is 55.6 Å². The normalized spacial score (nSPS) is 17.3. The van der Waals surface area contributed by atoms with Crippen LogP contribution in [0.5, 0.6) is 11.6 Å². The van der Waals surface area contributed by atoms with Gasteiger partial charge in [0.25, 0.3) is 0 Å². The Balaban J connectivity index is 1.16. The molecule has 12 nitrogen and oxygen atoms in total. The van der Waals surface area contributed by atoms with Gasteiger partial charge in [-0.3, -0.25) is 14.7 Å². The molecule has 0 unspecified atom stereocenters. The van der Waals surface area contributed by atoms with Crippen molar-refractivity contribution in [3.63, 3.8) is 0 Å². The number of β-amino-alcohol motifs (C(OH)–C–C–N with tert-alkyl or cyclic N) is 1. The summed E-state index contributed by atoms with van der Waals surface area (Å²) in [6.07, 6.45) is 4.92. The number of rotatable bonds is 11. The summed E-state index contributed by atoms with van der Waals surface area (Å²) < 4.78 is 13.0. The lowest BCUT2D eigenvalue weighted by atomic mass is 9.97. The molecule has 5 aromatic rings. The zero-order chi connectivity index (χ0) is 34.3. The fourth-order valence-corrected chi connectivity index (χ4v) is 7.16. The number of methoxy groups -OCH3 is 2. The summed E-state index contributed by atoms with van der Waals surface area (Å²) in [6.45, 7) is 4.68. The Morgan fingerprint density at radius 1 is 1.06 bits per heavy atom. The van der Waals surface area contributed by atoms with Gasteiger partial charge in [0.05, 0.1) is 47.8 Å². The van der Waals surface area contributed by atoms with Gasteiger partial charge in [0.1, 0.15) is 0 Å². The van der Waals surface area contributed by atoms with Gasteiger partial charge in [-0.25, -0.2) is 14.5 Å². The van der Waals surface area contributed by atoms with Crippen LogP contribution in [0, 0.1) is 0 Å². The fourth-order valence-electron chi connectivity index (χ4n) is 6.51. The molecule has 49 heavy (non-hydrogen) atoms. The van der Waals surface area contributed by atoms with Crippen molar-refractivity contribution < 1.29 is 19.4 Å². The summed E-state index contributed by atoms with van der Waals surface area (Å²) in [6, 6.07) is 13.4. The fraction of sp³-hybridized carbons (Fsp3) is 0.343. The topological polar surface area (TPSA) is 139 Å². The first-order valence-electron chi connectivity index (χ1n) is 16.0. The third-order valence-electron chi connectivity index (χ3n) is 8.81. The molecule has 6 heterocycles. The van der Waals surface area contributed by atoms with Crippen LogP contribution in [0.4, 0.5) is 0 Å². The summed E-state index contributed by atoms with van der Waals surface area (Å²) >= 11 is 14.2. The molecule has 1 aromatic carbocycles. The number of nitrogens with one attached hydrogen (secondary N) is 2. The summed E-state index contributed by atoms with van der Waals surface area (Å²) in [4.78, 5) is 27.7. The second-order valence-corrected chi connectivity index (χ2v) is 13.5. The number of carbonyl (C=O) groups is 1. The third-order valence-corrected chi connectivity index (χ3v) is 9.60. The summed E-state index contributed by atoms with van der Waals surface area (Å²) in [5, 5.41) is 22.0. The number of carbonyl (C=O) groups excluding carboxylic acids is 1. The molecular formula is C35H36Cl2N8O4. The van der Waals surface area contributed by atoms with Crippen LogP contribution in [0.25, 0.3) is 39.3 Å². The van der Waals surface area contributed by atoms with E-state index in [0.29, 0.717) is 94.8 Å². The van der Waals surface area contributed by atoms with Gasteiger partial charge in [0.15, 0.2) is 17.2 Å². The second-order valence-electron chi connectivity index (χ2n) is 12.7. The lowest BCUT2D eigenvalue weighted by Gasteiger charge is -2.43. The maximum Gasteiger partial charge on any atom is 0.220 e. The van der Waals surface area contributed by atoms with E-state index in [2.05, 4.69) is 30.6 Å². The van der Waals surface area contributed by atoms with Crippen molar-refractivity contribution in [3.05, 3.63) is 76.3 Å². The van der Waals surface area contributed by atoms with Crippen molar-refractivity contribution in [1.29, 1.82) is 0 Å². The number of aliphatic hydroxyl groups is 1. The van der Waals surface area contributed by atoms with Gasteiger partial charge in [-0.1, -0.05) is 47.5 Å². The predicted molar refractivity (Wildman–Crippen MR) is 187 cm³/mol. The van der Waals surface area contributed by atoms with E-state index in [9.17, 15) is 9.90 Å². The molecule has 2 aliphatic rings. The molecule has 2 saturated heterocycles. The van der Waals surface area contributed by atoms with E-state index < -0.39 is 5.60 Å². The molecule has 0 aliphatic carbocycles. The second kappa shape index (κ2) is 13.5. The van der Waals surface area contributed by atoms with Crippen LogP contribution in [-0.4, -0.2) is 86.0 Å². The molecule has 1 atom stereocenters. The Morgan fingerprint density at radius 3 is 2.59 bits per heavy atom. The molecule has 4 aromatic heterocycles. The zero-order valence-electron chi connectivity index (χ0n) is 27.3. The summed E-state index contributed by atoms with van der Waals surface area (Å²) in [7, 11) is 3.17. The molecule has 2 aliphatic heterocycles. The van der Waals surface area contributed by atoms with E-state index >= 15 is 0 Å². The van der Waals surface area contributed by atoms with Crippen LogP contribution in [-0.2, 0) is 17.9 Å². The molecule has 2 fully saturated rings. The van der Waals surface area contributed by atoms with Crippen LogP contribution in [0.15, 0.2) is 54.9 Å². The highest BCUT2D eigenvalue weighted by Crippen LogP contribution is 2.42. The first kappa shape index (κ1) is 33.2. The van der Waals surface area contributed by atoms with E-state index in [-0.39, 0.29) is 11.9 Å². The smallest absolute Gasteiger partial charge is 0.220 e. The van der Waals surface area contributed by atoms with Crippen molar-refractivity contribution in [2.75, 3.05) is 33.9 Å². The van der Waals surface area contributed by atoms with Crippen molar-refractivity contribution in [1.82, 2.24) is 40.1 Å². The van der Waals surface area contributed by atoms with Gasteiger partial charge in [-0.15, -0.1) is 5.10 Å². The molecule has 0 saturated carbocycles. The average Bonchev–Trinajstić information content (AvgIpc) is 3.69. The van der Waals surface area contributed by atoms with Crippen LogP contribution in [0.2, 0.25) is 10.0 Å². The molecule has 254 valence electrons. The first-order valence-corrected chi connectivity index (χ1v) is 16.7. The third kappa shape index (κ3) is 6.79. The number of benzene rings is 1. The molecule has 1 amide bonds. The van der Waals surface area contributed by atoms with Crippen molar-refractivity contribution in [2.24, 2.45) is 0 Å². The SMILES string of the molecule is COc1nc(-c2cccc(-c3ccnc(-c4cc(OC)c5nc(CN6CC(C)(O)C6)nn5c4)c3Cl)c2Cl)ccc1CNC[C@@H]1CCC(=O)N1. The van der Waals surface area contributed by atoms with Crippen molar-refractivity contribution in [2.45, 2.75) is 44.5 Å². The Hall–Kier alpha value is -4.33. The molecule has 14 heteroatoms. The molecule has 0 radical (unpaired) electrons. The monoisotopic (exact) mass is 702 g/mol. The Kier molecular flexibility index (Phi) is 9.16. The lowest BCUT2D eigenvalue weighted by Crippen LogP contribution is -2.59. The number of halogens is 2. The number of aromatic nitrogens is 5. The summed E-state index contributed by atoms with van der Waals surface area (Å²) in [5.41, 5.74) is 4.81. The maximum atomic E-state index is 11.5. The van der Waals surface area contributed by atoms with E-state index in [0.717, 1.165) is 23.1 Å². The van der Waals surface area contributed by atoms with Gasteiger partial charge in [0, 0.05) is 78.9 Å². The van der Waals surface area contributed by atoms with Crippen molar-refractivity contribution >= 4 is 34.8 Å². The minimum atomic E-state index is -0.678. The lowest BCUT2D eigenvalue weighted by molar-refractivity contribution is -0.119.